The van der Waals surface area contributed by atoms with Gasteiger partial charge in [0, 0.05) is 6.54 Å². The van der Waals surface area contributed by atoms with Crippen LogP contribution in [0.25, 0.3) is 0 Å². The Morgan fingerprint density at radius 1 is 1.70 bits per heavy atom. The van der Waals surface area contributed by atoms with Crippen LogP contribution in [0.15, 0.2) is 0 Å². The Labute approximate surface area is 64.6 Å². The molecule has 0 aromatic heterocycles. The topological polar surface area (TPSA) is 49.3 Å². The highest BCUT2D eigenvalue weighted by molar-refractivity contribution is 7.77. The predicted molar refractivity (Wildman–Crippen MR) is 42.8 cm³/mol. The molecular weight excluding hydrogens is 150 g/mol. The summed E-state index contributed by atoms with van der Waals surface area (Å²) in [5.41, 5.74) is 0. The quantitative estimate of drug-likeness (QED) is 0.600. The van der Waals surface area contributed by atoms with Crippen molar-refractivity contribution in [2.45, 2.75) is 26.7 Å². The maximum absolute atomic E-state index is 10.1. The van der Waals surface area contributed by atoms with Crippen LogP contribution in [-0.2, 0) is 11.3 Å². The molecule has 0 saturated carbocycles. The van der Waals surface area contributed by atoms with Gasteiger partial charge in [-0.1, -0.05) is 20.3 Å². The highest BCUT2D eigenvalue weighted by Crippen LogP contribution is 2.02. The molecule has 0 aliphatic carbocycles. The van der Waals surface area contributed by atoms with Crippen molar-refractivity contribution in [2.75, 3.05) is 6.54 Å². The lowest BCUT2D eigenvalue weighted by molar-refractivity contribution is 0.494. The van der Waals surface area contributed by atoms with Crippen LogP contribution in [0.3, 0.4) is 0 Å². The van der Waals surface area contributed by atoms with Gasteiger partial charge in [-0.15, -0.1) is 0 Å². The van der Waals surface area contributed by atoms with Gasteiger partial charge in [-0.3, -0.25) is 4.55 Å². The molecule has 2 unspecified atom stereocenters. The molecule has 0 aromatic rings. The molecule has 0 aromatic carbocycles. The molecule has 0 aliphatic rings. The lowest BCUT2D eigenvalue weighted by Crippen LogP contribution is -2.22. The molecule has 0 radical (unpaired) electrons. The molecule has 3 nitrogen and oxygen atoms in total. The van der Waals surface area contributed by atoms with Gasteiger partial charge in [0.2, 0.25) is 11.3 Å². The normalized spacial score (nSPS) is 16.7. The van der Waals surface area contributed by atoms with Gasteiger partial charge in [0.05, 0.1) is 0 Å². The Hall–Kier alpha value is 0.0700. The molecule has 0 bridgehead atoms. The van der Waals surface area contributed by atoms with Gasteiger partial charge in [-0.25, -0.2) is 8.93 Å². The van der Waals surface area contributed by atoms with Crippen LogP contribution >= 0.6 is 0 Å². The molecule has 0 saturated heterocycles. The van der Waals surface area contributed by atoms with Gasteiger partial charge in [0.25, 0.3) is 0 Å². The summed E-state index contributed by atoms with van der Waals surface area (Å²) in [4.78, 5) is 0. The van der Waals surface area contributed by atoms with Crippen LogP contribution in [0.4, 0.5) is 0 Å². The summed E-state index contributed by atoms with van der Waals surface area (Å²) in [6, 6.07) is 0. The Bertz CT molecular complexity index is 108. The third kappa shape index (κ3) is 6.19. The van der Waals surface area contributed by atoms with Gasteiger partial charge in [0.15, 0.2) is 0 Å². The molecule has 2 N–H and O–H groups in total. The number of nitrogens with one attached hydrogen (secondary N) is 1. The van der Waals surface area contributed by atoms with Crippen molar-refractivity contribution in [3.8, 4) is 0 Å². The smallest absolute Gasteiger partial charge is 0.231 e. The average Bonchev–Trinajstić information content (AvgIpc) is 1.85. The van der Waals surface area contributed by atoms with E-state index in [1.165, 1.54) is 0 Å². The highest BCUT2D eigenvalue weighted by Gasteiger charge is 2.00. The second-order valence-electron chi connectivity index (χ2n) is 2.49. The van der Waals surface area contributed by atoms with Gasteiger partial charge in [-0.05, 0) is 12.3 Å². The lowest BCUT2D eigenvalue weighted by atomic mass is 10.1. The molecule has 4 heteroatoms. The summed E-state index contributed by atoms with van der Waals surface area (Å²) in [5, 5.41) is 0. The first-order chi connectivity index (χ1) is 4.66. The minimum atomic E-state index is -1.84. The zero-order chi connectivity index (χ0) is 7.98. The lowest BCUT2D eigenvalue weighted by Gasteiger charge is -2.07. The molecule has 0 aliphatic heterocycles. The average molecular weight is 165 g/mol. The molecule has 0 heterocycles. The fourth-order valence-electron chi connectivity index (χ4n) is 0.808. The molecule has 62 valence electrons. The Morgan fingerprint density at radius 3 is 2.70 bits per heavy atom. The minimum Gasteiger partial charge on any atom is -0.294 e. The SMILES string of the molecule is CCCC(C)CNS(=O)O. The summed E-state index contributed by atoms with van der Waals surface area (Å²) in [6.07, 6.45) is 2.23. The maximum atomic E-state index is 10.1. The molecule has 0 amide bonds. The van der Waals surface area contributed by atoms with E-state index in [1.807, 2.05) is 0 Å². The standard InChI is InChI=1S/C6H15NO2S/c1-3-4-6(2)5-7-10(8)9/h6-7H,3-5H2,1-2H3,(H,8,9). The van der Waals surface area contributed by atoms with E-state index in [9.17, 15) is 4.21 Å². The second-order valence-corrected chi connectivity index (χ2v) is 3.28. The molecular formula is C6H15NO2S. The Balaban J connectivity index is 3.21. The van der Waals surface area contributed by atoms with Crippen molar-refractivity contribution in [2.24, 2.45) is 5.92 Å². The maximum Gasteiger partial charge on any atom is 0.231 e. The van der Waals surface area contributed by atoms with E-state index >= 15 is 0 Å². The van der Waals surface area contributed by atoms with Gasteiger partial charge in [0.1, 0.15) is 0 Å². The van der Waals surface area contributed by atoms with Crippen molar-refractivity contribution in [3.05, 3.63) is 0 Å². The van der Waals surface area contributed by atoms with Crippen molar-refractivity contribution in [3.63, 3.8) is 0 Å². The van der Waals surface area contributed by atoms with E-state index < -0.39 is 11.3 Å². The number of hydrogen-bond acceptors (Lipinski definition) is 1. The van der Waals surface area contributed by atoms with Crippen molar-refractivity contribution in [1.82, 2.24) is 4.72 Å². The van der Waals surface area contributed by atoms with Crippen LogP contribution in [-0.4, -0.2) is 15.3 Å². The molecule has 2 atom stereocenters. The number of rotatable bonds is 5. The monoisotopic (exact) mass is 165 g/mol. The predicted octanol–water partition coefficient (Wildman–Crippen LogP) is 1.15. The second kappa shape index (κ2) is 5.82. The van der Waals surface area contributed by atoms with Crippen LogP contribution < -0.4 is 4.72 Å². The summed E-state index contributed by atoms with van der Waals surface area (Å²) in [7, 11) is 0. The van der Waals surface area contributed by atoms with E-state index in [-0.39, 0.29) is 0 Å². The third-order valence-electron chi connectivity index (χ3n) is 1.34. The van der Waals surface area contributed by atoms with Crippen LogP contribution in [0, 0.1) is 5.92 Å². The van der Waals surface area contributed by atoms with Crippen molar-refractivity contribution in [1.29, 1.82) is 0 Å². The summed E-state index contributed by atoms with van der Waals surface area (Å²) in [5.74, 6) is 0.487. The summed E-state index contributed by atoms with van der Waals surface area (Å²) >= 11 is -1.84. The van der Waals surface area contributed by atoms with Crippen LogP contribution in [0.5, 0.6) is 0 Å². The fourth-order valence-corrected chi connectivity index (χ4v) is 1.24. The number of hydrogen-bond donors (Lipinski definition) is 2. The van der Waals surface area contributed by atoms with Gasteiger partial charge >= 0.3 is 0 Å². The van der Waals surface area contributed by atoms with Gasteiger partial charge in [-0.2, -0.15) is 0 Å². The largest absolute Gasteiger partial charge is 0.294 e. The first-order valence-electron chi connectivity index (χ1n) is 3.51. The molecule has 10 heavy (non-hydrogen) atoms. The molecule has 0 spiro atoms. The van der Waals surface area contributed by atoms with E-state index in [4.69, 9.17) is 4.55 Å². The Kier molecular flexibility index (Phi) is 5.87. The highest BCUT2D eigenvalue weighted by atomic mass is 32.2. The van der Waals surface area contributed by atoms with E-state index in [0.717, 1.165) is 12.8 Å². The van der Waals surface area contributed by atoms with E-state index in [1.54, 1.807) is 0 Å². The van der Waals surface area contributed by atoms with Crippen molar-refractivity contribution >= 4 is 11.3 Å². The zero-order valence-electron chi connectivity index (χ0n) is 6.46. The van der Waals surface area contributed by atoms with Crippen LogP contribution in [0.1, 0.15) is 26.7 Å². The van der Waals surface area contributed by atoms with Crippen LogP contribution in [0.2, 0.25) is 0 Å². The molecule has 0 fully saturated rings. The zero-order valence-corrected chi connectivity index (χ0v) is 7.28. The third-order valence-corrected chi connectivity index (χ3v) is 1.75. The minimum absolute atomic E-state index is 0.487. The molecule has 0 rings (SSSR count). The van der Waals surface area contributed by atoms with E-state index in [0.29, 0.717) is 12.5 Å². The van der Waals surface area contributed by atoms with E-state index in [2.05, 4.69) is 18.6 Å². The van der Waals surface area contributed by atoms with Gasteiger partial charge < -0.3 is 0 Å². The first kappa shape index (κ1) is 10.1. The van der Waals surface area contributed by atoms with Crippen molar-refractivity contribution < 1.29 is 8.76 Å². The first-order valence-corrected chi connectivity index (χ1v) is 4.61. The fraction of sp³-hybridized carbons (Fsp3) is 1.00. The summed E-state index contributed by atoms with van der Waals surface area (Å²) in [6.45, 7) is 4.78. The Morgan fingerprint density at radius 2 is 2.30 bits per heavy atom. The summed E-state index contributed by atoms with van der Waals surface area (Å²) < 4.78 is 20.9.